The van der Waals surface area contributed by atoms with Crippen molar-refractivity contribution in [2.45, 2.75) is 39.2 Å². The van der Waals surface area contributed by atoms with E-state index >= 15 is 0 Å². The van der Waals surface area contributed by atoms with Crippen LogP contribution in [0.3, 0.4) is 0 Å². The number of hydrogen-bond acceptors (Lipinski definition) is 4. The molecule has 2 N–H and O–H groups in total. The van der Waals surface area contributed by atoms with Gasteiger partial charge in [0.1, 0.15) is 6.04 Å². The molecule has 21 heavy (non-hydrogen) atoms. The molecule has 0 spiro atoms. The molecule has 0 bridgehead atoms. The number of nitrogens with one attached hydrogen (secondary N) is 1. The number of non-ortho nitro benzene ring substituents is 1. The quantitative estimate of drug-likeness (QED) is 0.592. The van der Waals surface area contributed by atoms with Crippen molar-refractivity contribution in [1.82, 2.24) is 5.32 Å². The number of rotatable bonds is 7. The number of carbonyl (C=O) groups is 2. The Morgan fingerprint density at radius 2 is 2.10 bits per heavy atom. The first-order valence-corrected chi connectivity index (χ1v) is 6.65. The highest BCUT2D eigenvalue weighted by Crippen LogP contribution is 2.17. The number of amides is 1. The second kappa shape index (κ2) is 7.37. The fourth-order valence-electron chi connectivity index (χ4n) is 1.92. The predicted octanol–water partition coefficient (Wildman–Crippen LogP) is 2.28. The highest BCUT2D eigenvalue weighted by molar-refractivity contribution is 5.98. The molecule has 1 amide bonds. The standard InChI is InChI=1S/C14H18N2O5/c1-3-4-5-12(14(18)19)15-13(17)11-7-6-10(16(20)21)8-9(11)2/h6-8,12H,3-5H2,1-2H3,(H,15,17)(H,18,19). The van der Waals surface area contributed by atoms with Crippen molar-refractivity contribution in [3.8, 4) is 0 Å². The normalized spacial score (nSPS) is 11.7. The second-order valence-corrected chi connectivity index (χ2v) is 4.76. The third-order valence-electron chi connectivity index (χ3n) is 3.12. The molecular formula is C14H18N2O5. The van der Waals surface area contributed by atoms with Crippen LogP contribution >= 0.6 is 0 Å². The number of unbranched alkanes of at least 4 members (excludes halogenated alkanes) is 1. The predicted molar refractivity (Wildman–Crippen MR) is 76.2 cm³/mol. The van der Waals surface area contributed by atoms with Gasteiger partial charge in [0, 0.05) is 17.7 Å². The lowest BCUT2D eigenvalue weighted by Crippen LogP contribution is -2.40. The van der Waals surface area contributed by atoms with Crippen molar-refractivity contribution in [3.63, 3.8) is 0 Å². The minimum absolute atomic E-state index is 0.107. The van der Waals surface area contributed by atoms with Gasteiger partial charge in [-0.1, -0.05) is 19.8 Å². The van der Waals surface area contributed by atoms with Gasteiger partial charge in [-0.3, -0.25) is 14.9 Å². The summed E-state index contributed by atoms with van der Waals surface area (Å²) in [4.78, 5) is 33.3. The minimum Gasteiger partial charge on any atom is -0.480 e. The summed E-state index contributed by atoms with van der Waals surface area (Å²) >= 11 is 0. The lowest BCUT2D eigenvalue weighted by atomic mass is 10.1. The maximum atomic E-state index is 12.1. The van der Waals surface area contributed by atoms with E-state index in [1.807, 2.05) is 6.92 Å². The largest absolute Gasteiger partial charge is 0.480 e. The Morgan fingerprint density at radius 3 is 2.57 bits per heavy atom. The fourth-order valence-corrected chi connectivity index (χ4v) is 1.92. The van der Waals surface area contributed by atoms with Crippen LogP contribution in [0.5, 0.6) is 0 Å². The average Bonchev–Trinajstić information content (AvgIpc) is 2.42. The van der Waals surface area contributed by atoms with Crippen molar-refractivity contribution in [3.05, 3.63) is 39.4 Å². The highest BCUT2D eigenvalue weighted by Gasteiger charge is 2.21. The number of carbonyl (C=O) groups excluding carboxylic acids is 1. The Morgan fingerprint density at radius 1 is 1.43 bits per heavy atom. The van der Waals surface area contributed by atoms with Crippen molar-refractivity contribution >= 4 is 17.6 Å². The molecule has 114 valence electrons. The molecule has 0 saturated carbocycles. The summed E-state index contributed by atoms with van der Waals surface area (Å²) in [5.74, 6) is -1.62. The molecular weight excluding hydrogens is 276 g/mol. The Labute approximate surface area is 122 Å². The zero-order valence-corrected chi connectivity index (χ0v) is 12.0. The van der Waals surface area contributed by atoms with Crippen molar-refractivity contribution < 1.29 is 19.6 Å². The van der Waals surface area contributed by atoms with Crippen LogP contribution in [-0.4, -0.2) is 27.9 Å². The van der Waals surface area contributed by atoms with Gasteiger partial charge in [-0.15, -0.1) is 0 Å². The molecule has 0 aromatic heterocycles. The molecule has 1 unspecified atom stereocenters. The molecule has 0 aliphatic carbocycles. The van der Waals surface area contributed by atoms with Gasteiger partial charge >= 0.3 is 5.97 Å². The summed E-state index contributed by atoms with van der Waals surface area (Å²) in [6.07, 6.45) is 1.87. The molecule has 7 nitrogen and oxygen atoms in total. The molecule has 7 heteroatoms. The van der Waals surface area contributed by atoms with Crippen molar-refractivity contribution in [2.75, 3.05) is 0 Å². The van der Waals surface area contributed by atoms with E-state index in [9.17, 15) is 19.7 Å². The van der Waals surface area contributed by atoms with Crippen LogP contribution < -0.4 is 5.32 Å². The first-order valence-electron chi connectivity index (χ1n) is 6.65. The number of carboxylic acid groups (broad SMARTS) is 1. The van der Waals surface area contributed by atoms with E-state index in [0.29, 0.717) is 18.4 Å². The van der Waals surface area contributed by atoms with Gasteiger partial charge in [0.2, 0.25) is 0 Å². The number of benzene rings is 1. The third kappa shape index (κ3) is 4.55. The Balaban J connectivity index is 2.87. The molecule has 0 saturated heterocycles. The van der Waals surface area contributed by atoms with Crippen LogP contribution in [0.4, 0.5) is 5.69 Å². The van der Waals surface area contributed by atoms with Gasteiger partial charge in [0.05, 0.1) is 4.92 Å². The lowest BCUT2D eigenvalue weighted by Gasteiger charge is -2.15. The van der Waals surface area contributed by atoms with Crippen LogP contribution in [0.25, 0.3) is 0 Å². The summed E-state index contributed by atoms with van der Waals surface area (Å²) in [5, 5.41) is 22.2. The second-order valence-electron chi connectivity index (χ2n) is 4.76. The Hall–Kier alpha value is -2.44. The highest BCUT2D eigenvalue weighted by atomic mass is 16.6. The lowest BCUT2D eigenvalue weighted by molar-refractivity contribution is -0.384. The zero-order valence-electron chi connectivity index (χ0n) is 12.0. The van der Waals surface area contributed by atoms with Crippen molar-refractivity contribution in [2.24, 2.45) is 0 Å². The van der Waals surface area contributed by atoms with Crippen LogP contribution in [0.2, 0.25) is 0 Å². The maximum absolute atomic E-state index is 12.1. The zero-order chi connectivity index (χ0) is 16.0. The first kappa shape index (κ1) is 16.6. The summed E-state index contributed by atoms with van der Waals surface area (Å²) in [6, 6.07) is 2.90. The summed E-state index contributed by atoms with van der Waals surface area (Å²) in [5.41, 5.74) is 0.564. The molecule has 1 aromatic carbocycles. The number of hydrogen-bond donors (Lipinski definition) is 2. The molecule has 1 atom stereocenters. The number of nitrogens with zero attached hydrogens (tertiary/aromatic N) is 1. The first-order chi connectivity index (χ1) is 9.86. The molecule has 0 heterocycles. The number of aliphatic carboxylic acids is 1. The Bertz CT molecular complexity index is 556. The maximum Gasteiger partial charge on any atom is 0.326 e. The van der Waals surface area contributed by atoms with Crippen LogP contribution in [0, 0.1) is 17.0 Å². The van der Waals surface area contributed by atoms with Crippen molar-refractivity contribution in [1.29, 1.82) is 0 Å². The fraction of sp³-hybridized carbons (Fsp3) is 0.429. The van der Waals surface area contributed by atoms with E-state index in [4.69, 9.17) is 5.11 Å². The number of aryl methyl sites for hydroxylation is 1. The molecule has 1 rings (SSSR count). The van der Waals surface area contributed by atoms with E-state index < -0.39 is 22.8 Å². The van der Waals surface area contributed by atoms with Gasteiger partial charge < -0.3 is 10.4 Å². The average molecular weight is 294 g/mol. The van der Waals surface area contributed by atoms with Gasteiger partial charge in [-0.2, -0.15) is 0 Å². The SMILES string of the molecule is CCCCC(NC(=O)c1ccc([N+](=O)[O-])cc1C)C(=O)O. The van der Waals surface area contributed by atoms with E-state index in [1.54, 1.807) is 6.92 Å². The molecule has 0 fully saturated rings. The molecule has 0 radical (unpaired) electrons. The van der Waals surface area contributed by atoms with E-state index in [0.717, 1.165) is 6.42 Å². The number of carboxylic acids is 1. The Kier molecular flexibility index (Phi) is 5.83. The topological polar surface area (TPSA) is 110 Å². The van der Waals surface area contributed by atoms with Crippen LogP contribution in [0.1, 0.15) is 42.1 Å². The summed E-state index contributed by atoms with van der Waals surface area (Å²) in [7, 11) is 0. The third-order valence-corrected chi connectivity index (χ3v) is 3.12. The van der Waals surface area contributed by atoms with E-state index in [1.165, 1.54) is 18.2 Å². The molecule has 1 aromatic rings. The summed E-state index contributed by atoms with van der Waals surface area (Å²) in [6.45, 7) is 3.50. The van der Waals surface area contributed by atoms with Crippen LogP contribution in [-0.2, 0) is 4.79 Å². The minimum atomic E-state index is -1.09. The summed E-state index contributed by atoms with van der Waals surface area (Å²) < 4.78 is 0. The van der Waals surface area contributed by atoms with E-state index in [-0.39, 0.29) is 11.3 Å². The van der Waals surface area contributed by atoms with Gasteiger partial charge in [-0.25, -0.2) is 4.79 Å². The van der Waals surface area contributed by atoms with Gasteiger partial charge in [0.15, 0.2) is 0 Å². The van der Waals surface area contributed by atoms with Gasteiger partial charge in [0.25, 0.3) is 11.6 Å². The smallest absolute Gasteiger partial charge is 0.326 e. The van der Waals surface area contributed by atoms with Crippen LogP contribution in [0.15, 0.2) is 18.2 Å². The molecule has 0 aliphatic heterocycles. The van der Waals surface area contributed by atoms with Gasteiger partial charge in [-0.05, 0) is 25.0 Å². The van der Waals surface area contributed by atoms with E-state index in [2.05, 4.69) is 5.32 Å². The number of nitro benzene ring substituents is 1. The molecule has 0 aliphatic rings. The monoisotopic (exact) mass is 294 g/mol. The number of nitro groups is 1.